The number of aliphatic hydroxyl groups is 1. The first-order valence-corrected chi connectivity index (χ1v) is 5.84. The Morgan fingerprint density at radius 3 is 2.33 bits per heavy atom. The van der Waals surface area contributed by atoms with Crippen LogP contribution in [0, 0.1) is 0 Å². The molecule has 0 saturated carbocycles. The fourth-order valence-corrected chi connectivity index (χ4v) is 1.75. The van der Waals surface area contributed by atoms with E-state index < -0.39 is 0 Å². The lowest BCUT2D eigenvalue weighted by Gasteiger charge is -2.24. The smallest absolute Gasteiger partial charge is 0.0564 e. The zero-order valence-electron chi connectivity index (χ0n) is 8.50. The van der Waals surface area contributed by atoms with E-state index in [1.54, 1.807) is 11.8 Å². The molecule has 0 spiro atoms. The van der Waals surface area contributed by atoms with Gasteiger partial charge in [0.1, 0.15) is 0 Å². The zero-order chi connectivity index (χ0) is 9.56. The minimum atomic E-state index is 0.256. The van der Waals surface area contributed by atoms with Crippen molar-refractivity contribution in [3.63, 3.8) is 0 Å². The second-order valence-corrected chi connectivity index (χ2v) is 4.30. The molecule has 0 heterocycles. The van der Waals surface area contributed by atoms with E-state index in [0.29, 0.717) is 17.3 Å². The highest BCUT2D eigenvalue weighted by Crippen LogP contribution is 2.10. The van der Waals surface area contributed by atoms with E-state index in [1.165, 1.54) is 0 Å². The highest BCUT2D eigenvalue weighted by atomic mass is 32.2. The number of rotatable bonds is 6. The van der Waals surface area contributed by atoms with Crippen molar-refractivity contribution in [2.45, 2.75) is 44.5 Å². The molecule has 12 heavy (non-hydrogen) atoms. The molecule has 3 heteroatoms. The van der Waals surface area contributed by atoms with Crippen molar-refractivity contribution < 1.29 is 5.11 Å². The van der Waals surface area contributed by atoms with Crippen LogP contribution in [0.5, 0.6) is 0 Å². The predicted molar refractivity (Wildman–Crippen MR) is 56.7 cm³/mol. The van der Waals surface area contributed by atoms with Crippen molar-refractivity contribution in [1.29, 1.82) is 0 Å². The standard InChI is InChI=1S/C9H21NOS/c1-5-7(2)10-8(3)9(6-11)12-4/h7-11H,5-6H2,1-4H3. The average Bonchev–Trinajstić information content (AvgIpc) is 2.06. The number of thioether (sulfide) groups is 1. The van der Waals surface area contributed by atoms with Crippen LogP contribution in [0.25, 0.3) is 0 Å². The number of aliphatic hydroxyl groups excluding tert-OH is 1. The normalized spacial score (nSPS) is 18.8. The van der Waals surface area contributed by atoms with Gasteiger partial charge >= 0.3 is 0 Å². The van der Waals surface area contributed by atoms with Crippen LogP contribution in [0.3, 0.4) is 0 Å². The van der Waals surface area contributed by atoms with Crippen LogP contribution in [0.2, 0.25) is 0 Å². The van der Waals surface area contributed by atoms with Gasteiger partial charge in [-0.05, 0) is 26.5 Å². The Balaban J connectivity index is 3.75. The molecule has 0 aromatic heterocycles. The van der Waals surface area contributed by atoms with Crippen molar-refractivity contribution in [3.05, 3.63) is 0 Å². The monoisotopic (exact) mass is 191 g/mol. The van der Waals surface area contributed by atoms with Crippen LogP contribution < -0.4 is 5.32 Å². The first kappa shape index (κ1) is 12.3. The van der Waals surface area contributed by atoms with Gasteiger partial charge in [-0.15, -0.1) is 0 Å². The Morgan fingerprint density at radius 1 is 1.42 bits per heavy atom. The summed E-state index contributed by atoms with van der Waals surface area (Å²) in [6, 6.07) is 0.932. The van der Waals surface area contributed by atoms with Crippen molar-refractivity contribution in [2.75, 3.05) is 12.9 Å². The van der Waals surface area contributed by atoms with Gasteiger partial charge in [0.15, 0.2) is 0 Å². The first-order valence-electron chi connectivity index (χ1n) is 4.55. The highest BCUT2D eigenvalue weighted by Gasteiger charge is 2.15. The second-order valence-electron chi connectivity index (χ2n) is 3.22. The van der Waals surface area contributed by atoms with Gasteiger partial charge in [-0.25, -0.2) is 0 Å². The Labute approximate surface area is 80.1 Å². The Kier molecular flexibility index (Phi) is 6.90. The molecule has 0 radical (unpaired) electrons. The van der Waals surface area contributed by atoms with Crippen LogP contribution in [-0.2, 0) is 0 Å². The van der Waals surface area contributed by atoms with Crippen LogP contribution >= 0.6 is 11.8 Å². The highest BCUT2D eigenvalue weighted by molar-refractivity contribution is 7.99. The van der Waals surface area contributed by atoms with E-state index >= 15 is 0 Å². The van der Waals surface area contributed by atoms with E-state index in [9.17, 15) is 0 Å². The van der Waals surface area contributed by atoms with E-state index in [2.05, 4.69) is 26.1 Å². The van der Waals surface area contributed by atoms with Crippen LogP contribution in [0.1, 0.15) is 27.2 Å². The van der Waals surface area contributed by atoms with Crippen molar-refractivity contribution in [3.8, 4) is 0 Å². The summed E-state index contributed by atoms with van der Waals surface area (Å²) in [5.74, 6) is 0. The lowest BCUT2D eigenvalue weighted by molar-refractivity contribution is 0.271. The third-order valence-corrected chi connectivity index (χ3v) is 3.36. The van der Waals surface area contributed by atoms with Crippen molar-refractivity contribution in [2.24, 2.45) is 0 Å². The van der Waals surface area contributed by atoms with Gasteiger partial charge in [0.25, 0.3) is 0 Å². The summed E-state index contributed by atoms with van der Waals surface area (Å²) in [6.45, 7) is 6.72. The zero-order valence-corrected chi connectivity index (χ0v) is 9.32. The van der Waals surface area contributed by atoms with Crippen LogP contribution in [0.4, 0.5) is 0 Å². The summed E-state index contributed by atoms with van der Waals surface area (Å²) in [4.78, 5) is 0. The van der Waals surface area contributed by atoms with Gasteiger partial charge in [-0.2, -0.15) is 11.8 Å². The molecule has 0 bridgehead atoms. The lowest BCUT2D eigenvalue weighted by atomic mass is 10.2. The maximum atomic E-state index is 9.02. The first-order chi connectivity index (χ1) is 5.65. The minimum absolute atomic E-state index is 0.256. The molecular weight excluding hydrogens is 170 g/mol. The molecule has 0 amide bonds. The van der Waals surface area contributed by atoms with Crippen molar-refractivity contribution in [1.82, 2.24) is 5.32 Å². The van der Waals surface area contributed by atoms with Gasteiger partial charge < -0.3 is 10.4 Å². The third kappa shape index (κ3) is 4.33. The number of hydrogen-bond donors (Lipinski definition) is 2. The summed E-state index contributed by atoms with van der Waals surface area (Å²) < 4.78 is 0. The molecule has 0 aliphatic heterocycles. The molecule has 0 aliphatic rings. The molecule has 0 aromatic carbocycles. The fourth-order valence-electron chi connectivity index (χ4n) is 1.11. The average molecular weight is 191 g/mol. The quantitative estimate of drug-likeness (QED) is 0.667. The molecule has 3 unspecified atom stereocenters. The topological polar surface area (TPSA) is 32.3 Å². The van der Waals surface area contributed by atoms with Gasteiger partial charge in [-0.1, -0.05) is 6.92 Å². The van der Waals surface area contributed by atoms with Gasteiger partial charge in [0, 0.05) is 17.3 Å². The molecule has 0 aliphatic carbocycles. The summed E-state index contributed by atoms with van der Waals surface area (Å²) in [7, 11) is 0. The summed E-state index contributed by atoms with van der Waals surface area (Å²) in [5.41, 5.74) is 0. The summed E-state index contributed by atoms with van der Waals surface area (Å²) in [6.07, 6.45) is 3.17. The lowest BCUT2D eigenvalue weighted by Crippen LogP contribution is -2.42. The molecule has 0 rings (SSSR count). The predicted octanol–water partition coefficient (Wildman–Crippen LogP) is 1.49. The van der Waals surface area contributed by atoms with Gasteiger partial charge in [-0.3, -0.25) is 0 Å². The van der Waals surface area contributed by atoms with E-state index in [4.69, 9.17) is 5.11 Å². The van der Waals surface area contributed by atoms with Gasteiger partial charge in [0.05, 0.1) is 6.61 Å². The van der Waals surface area contributed by atoms with Crippen molar-refractivity contribution >= 4 is 11.8 Å². The number of hydrogen-bond acceptors (Lipinski definition) is 3. The Bertz CT molecular complexity index is 107. The molecule has 0 saturated heterocycles. The third-order valence-electron chi connectivity index (χ3n) is 2.20. The van der Waals surface area contributed by atoms with E-state index in [0.717, 1.165) is 6.42 Å². The number of nitrogens with one attached hydrogen (secondary N) is 1. The molecule has 74 valence electrons. The molecule has 0 fully saturated rings. The molecule has 2 nitrogen and oxygen atoms in total. The van der Waals surface area contributed by atoms with Crippen LogP contribution in [0.15, 0.2) is 0 Å². The largest absolute Gasteiger partial charge is 0.395 e. The molecule has 3 atom stereocenters. The maximum Gasteiger partial charge on any atom is 0.0564 e. The van der Waals surface area contributed by atoms with E-state index in [-0.39, 0.29) is 6.61 Å². The summed E-state index contributed by atoms with van der Waals surface area (Å²) >= 11 is 1.72. The van der Waals surface area contributed by atoms with Crippen LogP contribution in [-0.4, -0.2) is 35.3 Å². The molecule has 2 N–H and O–H groups in total. The molecular formula is C9H21NOS. The minimum Gasteiger partial charge on any atom is -0.395 e. The van der Waals surface area contributed by atoms with Gasteiger partial charge in [0.2, 0.25) is 0 Å². The molecule has 0 aromatic rings. The Morgan fingerprint density at radius 2 is 2.00 bits per heavy atom. The SMILES string of the molecule is CCC(C)NC(C)C(CO)SC. The fraction of sp³-hybridized carbons (Fsp3) is 1.00. The maximum absolute atomic E-state index is 9.02. The second kappa shape index (κ2) is 6.75. The summed E-state index contributed by atoms with van der Waals surface area (Å²) in [5, 5.41) is 12.8. The Hall–Kier alpha value is 0.270. The van der Waals surface area contributed by atoms with E-state index in [1.807, 2.05) is 6.26 Å².